The van der Waals surface area contributed by atoms with E-state index >= 15 is 0 Å². The van der Waals surface area contributed by atoms with Crippen LogP contribution in [0.2, 0.25) is 0 Å². The normalized spacial score (nSPS) is 17.4. The lowest BCUT2D eigenvalue weighted by Crippen LogP contribution is -2.53. The molecule has 3 aliphatic rings. The molecule has 33 heteroatoms. The van der Waals surface area contributed by atoms with Gasteiger partial charge in [0.2, 0.25) is 30.1 Å². The van der Waals surface area contributed by atoms with Crippen molar-refractivity contribution < 1.29 is 88.7 Å². The minimum Gasteiger partial charge on any atom is -0.506 e. The second kappa shape index (κ2) is 45.8. The van der Waals surface area contributed by atoms with Crippen LogP contribution in [0, 0.1) is 38.5 Å². The van der Waals surface area contributed by atoms with Crippen LogP contribution >= 0.6 is 11.3 Å². The number of aliphatic hydroxyl groups is 3. The minimum absolute atomic E-state index is 0.0113. The Hall–Kier alpha value is -11.5. The molecule has 7 N–H and O–H groups in total. The van der Waals surface area contributed by atoms with Gasteiger partial charge in [-0.1, -0.05) is 230 Å². The summed E-state index contributed by atoms with van der Waals surface area (Å²) < 4.78 is 104. The molecule has 9 aromatic carbocycles. The van der Waals surface area contributed by atoms with Gasteiger partial charge in [-0.25, -0.2) is 44.6 Å². The third-order valence-electron chi connectivity index (χ3n) is 23.2. The number of aryl methyl sites for hydroxylation is 3. The average Bonchev–Trinajstić information content (AvgIpc) is 1.27. The Morgan fingerprint density at radius 1 is 0.415 bits per heavy atom. The number of para-hydroxylation sites is 3. The summed E-state index contributed by atoms with van der Waals surface area (Å²) in [7, 11) is -11.9. The minimum atomic E-state index is -4.00. The molecule has 3 saturated heterocycles. The number of nitrogens with one attached hydrogen (secondary N) is 3. The summed E-state index contributed by atoms with van der Waals surface area (Å²) in [6, 6.07) is 65.7. The standard InChI is InChI=1S/C33H41N3O6S.C32H36N4O6S2.C32H39N3O7S/c1-5-23(2)20-35(43(40,41)28-16-14-24(3)15-17-28)21-30(37)29(19-26-11-7-6-8-12-26)34-32(38)31-22-36(33(39)42-31)27-13-9-10-25(4)18-27;1-3-22(2)18-35(44(40,41)25-14-15-26-30(17-25)43-21-33-26)19-28(37)27(16-23-10-6-4-7-11-23)34-31(38)29-20-36(32(39)42-29)24-12-8-5-9-13-24;1-4-22(2)19-34(43(40,41)25-16-14-23(3)15-17-25)20-29(37)26(18-24-10-6-5-7-11-24)33-31(38)30-21-35(32(39)42-30)27-12-8-9-13-28(27)36/h6-18,23,29-31,37H,5,19-22H2,1-4H3,(H,34,38);4-15,17,21-22,27-29,37H,3,16,18-20H2,1-2H3,(H,34,38);5-17,22,26,29-30,36-37H,4,18-21H2,1-3H3,(H,33,38)/t23-,29-,30+,31-;22-,27-,28+,29-;22-,26-,29+,30-/m000/s1. The lowest BCUT2D eigenvalue weighted by Gasteiger charge is -2.31. The van der Waals surface area contributed by atoms with Crippen LogP contribution < -0.4 is 30.7 Å². The number of rotatable bonds is 39. The van der Waals surface area contributed by atoms with Crippen LogP contribution in [0.25, 0.3) is 10.2 Å². The molecule has 0 saturated carbocycles. The molecule has 3 fully saturated rings. The van der Waals surface area contributed by atoms with E-state index in [9.17, 15) is 74.4 Å². The summed E-state index contributed by atoms with van der Waals surface area (Å²) in [6.45, 7) is 17.2. The number of benzene rings is 9. The monoisotopic (exact) mass is 1850 g/mol. The third-order valence-corrected chi connectivity index (χ3v) is 29.5. The van der Waals surface area contributed by atoms with Gasteiger partial charge in [0.15, 0.2) is 18.3 Å². The van der Waals surface area contributed by atoms with Crippen molar-refractivity contribution >= 4 is 105 Å². The molecule has 0 radical (unpaired) electrons. The summed E-state index contributed by atoms with van der Waals surface area (Å²) >= 11 is 1.36. The fraction of sp³-hybridized carbons (Fsp3) is 0.371. The van der Waals surface area contributed by atoms with E-state index in [4.69, 9.17) is 14.2 Å². The van der Waals surface area contributed by atoms with Crippen molar-refractivity contribution in [3.8, 4) is 5.75 Å². The van der Waals surface area contributed by atoms with Crippen LogP contribution in [0.5, 0.6) is 5.75 Å². The molecule has 692 valence electrons. The number of ether oxygens (including phenoxy) is 3. The van der Waals surface area contributed by atoms with Gasteiger partial charge < -0.3 is 50.6 Å². The zero-order valence-corrected chi connectivity index (χ0v) is 77.6. The molecular formula is C97H116N10O19S4. The molecule has 13 rings (SSSR count). The number of hydrogen-bond acceptors (Lipinski definition) is 21. The topological polar surface area (TPSA) is 382 Å². The zero-order chi connectivity index (χ0) is 93.6. The number of amides is 6. The van der Waals surface area contributed by atoms with Crippen LogP contribution in [0.3, 0.4) is 0 Å². The van der Waals surface area contributed by atoms with E-state index in [1.807, 2.05) is 178 Å². The predicted octanol–water partition coefficient (Wildman–Crippen LogP) is 12.8. The van der Waals surface area contributed by atoms with Crippen LogP contribution in [0.4, 0.5) is 31.4 Å². The van der Waals surface area contributed by atoms with Crippen molar-refractivity contribution in [2.45, 2.75) is 170 Å². The highest BCUT2D eigenvalue weighted by molar-refractivity contribution is 7.89. The molecule has 12 atom stereocenters. The number of aromatic nitrogens is 1. The maximum Gasteiger partial charge on any atom is 0.415 e. The number of sulfonamides is 3. The van der Waals surface area contributed by atoms with Gasteiger partial charge in [0.1, 0.15) is 5.75 Å². The first-order valence-electron chi connectivity index (χ1n) is 43.5. The lowest BCUT2D eigenvalue weighted by molar-refractivity contribution is -0.130. The number of hydrogen-bond donors (Lipinski definition) is 7. The molecule has 130 heavy (non-hydrogen) atoms. The van der Waals surface area contributed by atoms with Gasteiger partial charge in [-0.15, -0.1) is 11.3 Å². The Bertz CT molecular complexity index is 5800. The van der Waals surface area contributed by atoms with E-state index in [2.05, 4.69) is 20.9 Å². The summed E-state index contributed by atoms with van der Waals surface area (Å²) in [6.07, 6.45) is -6.34. The number of nitrogens with zero attached hydrogens (tertiary/aromatic N) is 7. The van der Waals surface area contributed by atoms with Gasteiger partial charge in [0, 0.05) is 50.6 Å². The Kier molecular flexibility index (Phi) is 34.9. The number of cyclic esters (lactones) is 3. The number of carbonyl (C=O) groups excluding carboxylic acids is 6. The van der Waals surface area contributed by atoms with E-state index in [0.717, 1.165) is 57.3 Å². The van der Waals surface area contributed by atoms with Gasteiger partial charge >= 0.3 is 18.3 Å². The zero-order valence-electron chi connectivity index (χ0n) is 74.3. The lowest BCUT2D eigenvalue weighted by atomic mass is 10.0. The number of aliphatic hydroxyl groups excluding tert-OH is 3. The Balaban J connectivity index is 0.000000188. The average molecular weight is 1850 g/mol. The molecule has 0 bridgehead atoms. The van der Waals surface area contributed by atoms with Gasteiger partial charge in [-0.2, -0.15) is 12.9 Å². The largest absolute Gasteiger partial charge is 0.506 e. The van der Waals surface area contributed by atoms with Crippen LogP contribution in [0.1, 0.15) is 94.2 Å². The smallest absolute Gasteiger partial charge is 0.415 e. The molecular weight excluding hydrogens is 1740 g/mol. The van der Waals surface area contributed by atoms with Gasteiger partial charge in [0.25, 0.3) is 17.7 Å². The number of aromatic hydroxyl groups is 1. The molecule has 0 aliphatic carbocycles. The van der Waals surface area contributed by atoms with Crippen molar-refractivity contribution in [3.05, 3.63) is 275 Å². The predicted molar refractivity (Wildman–Crippen MR) is 499 cm³/mol. The van der Waals surface area contributed by atoms with E-state index in [-0.39, 0.29) is 122 Å². The van der Waals surface area contributed by atoms with Crippen LogP contribution in [-0.2, 0) is 77.9 Å². The second-order valence-electron chi connectivity index (χ2n) is 33.3. The molecule has 0 unspecified atom stereocenters. The molecule has 10 aromatic rings. The molecule has 0 spiro atoms. The van der Waals surface area contributed by atoms with Crippen molar-refractivity contribution in [2.24, 2.45) is 17.8 Å². The maximum absolute atomic E-state index is 14.0. The Morgan fingerprint density at radius 2 is 0.754 bits per heavy atom. The number of phenols is 1. The van der Waals surface area contributed by atoms with Crippen LogP contribution in [-0.4, -0.2) is 213 Å². The van der Waals surface area contributed by atoms with Gasteiger partial charge in [-0.3, -0.25) is 29.1 Å². The molecule has 29 nitrogen and oxygen atoms in total. The molecule has 4 heterocycles. The fourth-order valence-electron chi connectivity index (χ4n) is 14.9. The number of carbonyl (C=O) groups is 6. The number of phenolic OH excluding ortho intramolecular Hbond substituents is 1. The van der Waals surface area contributed by atoms with Crippen LogP contribution in [0.15, 0.2) is 257 Å². The van der Waals surface area contributed by atoms with Crippen molar-refractivity contribution in [3.63, 3.8) is 0 Å². The van der Waals surface area contributed by atoms with Crippen molar-refractivity contribution in [1.29, 1.82) is 0 Å². The highest BCUT2D eigenvalue weighted by Crippen LogP contribution is 2.33. The fourth-order valence-corrected chi connectivity index (χ4v) is 20.5. The summed E-state index contributed by atoms with van der Waals surface area (Å²) in [5, 5.41) is 53.4. The summed E-state index contributed by atoms with van der Waals surface area (Å²) in [4.78, 5) is 86.7. The van der Waals surface area contributed by atoms with Crippen molar-refractivity contribution in [2.75, 3.05) is 73.6 Å². The number of thiazole rings is 1. The van der Waals surface area contributed by atoms with Crippen molar-refractivity contribution in [1.82, 2.24) is 33.8 Å². The molecule has 6 amide bonds. The van der Waals surface area contributed by atoms with E-state index in [1.165, 1.54) is 51.1 Å². The SMILES string of the molecule is CC[C@H](C)CN(C[C@@H](O)[C@H](Cc1ccccc1)NC(=O)[C@@H]1CN(c2cccc(C)c2)C(=O)O1)S(=O)(=O)c1ccc(C)cc1.CC[C@H](C)CN(C[C@@H](O)[C@H](Cc1ccccc1)NC(=O)[C@@H]1CN(c2ccccc2)C(=O)O1)S(=O)(=O)c1ccc2ncsc2c1.CC[C@H](C)CN(C[C@@H](O)[C@H](Cc1ccccc1)NC(=O)[C@@H]1CN(c2ccccc2O)C(=O)O1)S(=O)(=O)c1ccc(C)cc1. The van der Waals surface area contributed by atoms with Gasteiger partial charge in [-0.05, 0) is 159 Å². The summed E-state index contributed by atoms with van der Waals surface area (Å²) in [5.74, 6) is -1.81. The second-order valence-corrected chi connectivity index (χ2v) is 40.0. The maximum atomic E-state index is 14.0. The van der Waals surface area contributed by atoms with E-state index in [0.29, 0.717) is 16.9 Å². The highest BCUT2D eigenvalue weighted by atomic mass is 32.2. The Morgan fingerprint density at radius 3 is 1.14 bits per heavy atom. The van der Waals surface area contributed by atoms with Gasteiger partial charge in [0.05, 0.1) is 92.2 Å². The first kappa shape index (κ1) is 99.1. The van der Waals surface area contributed by atoms with E-state index < -0.39 is 121 Å². The van der Waals surface area contributed by atoms with E-state index in [1.54, 1.807) is 115 Å². The summed E-state index contributed by atoms with van der Waals surface area (Å²) in [5.41, 5.74) is 9.17. The number of anilines is 3. The first-order chi connectivity index (χ1) is 62.1. The quantitative estimate of drug-likeness (QED) is 0.0176. The highest BCUT2D eigenvalue weighted by Gasteiger charge is 2.44. The molecule has 1 aromatic heterocycles. The Labute approximate surface area is 765 Å². The number of fused-ring (bicyclic) bond motifs is 1. The first-order valence-corrected chi connectivity index (χ1v) is 48.7. The third kappa shape index (κ3) is 26.4. The molecule has 3 aliphatic heterocycles.